The van der Waals surface area contributed by atoms with Gasteiger partial charge in [0.25, 0.3) is 5.91 Å². The fourth-order valence-corrected chi connectivity index (χ4v) is 3.17. The molecule has 30 heavy (non-hydrogen) atoms. The van der Waals surface area contributed by atoms with E-state index in [0.29, 0.717) is 5.75 Å². The minimum absolute atomic E-state index is 0.203. The summed E-state index contributed by atoms with van der Waals surface area (Å²) in [5, 5.41) is 8.67. The molecule has 0 aliphatic heterocycles. The lowest BCUT2D eigenvalue weighted by Gasteiger charge is -2.28. The summed E-state index contributed by atoms with van der Waals surface area (Å²) < 4.78 is 3.65. The Morgan fingerprint density at radius 2 is 1.77 bits per heavy atom. The zero-order valence-corrected chi connectivity index (χ0v) is 20.0. The first-order valence-electron chi connectivity index (χ1n) is 9.31. The van der Waals surface area contributed by atoms with Gasteiger partial charge in [0.1, 0.15) is 11.9 Å². The second kappa shape index (κ2) is 11.0. The van der Waals surface area contributed by atoms with Crippen LogP contribution in [-0.2, 0) is 11.2 Å². The molecule has 0 radical (unpaired) electrons. The highest BCUT2D eigenvalue weighted by molar-refractivity contribution is 7.80. The van der Waals surface area contributed by atoms with E-state index in [-0.39, 0.29) is 11.7 Å². The molecule has 0 saturated heterocycles. The Labute approximate surface area is 197 Å². The van der Waals surface area contributed by atoms with E-state index in [1.165, 1.54) is 5.56 Å². The maximum Gasteiger partial charge on any atom is 0.259 e. The van der Waals surface area contributed by atoms with Crippen LogP contribution >= 0.6 is 47.0 Å². The van der Waals surface area contributed by atoms with Crippen LogP contribution in [0.15, 0.2) is 42.5 Å². The average molecular weight is 489 g/mol. The number of rotatable bonds is 7. The van der Waals surface area contributed by atoms with Crippen molar-refractivity contribution in [1.82, 2.24) is 10.6 Å². The van der Waals surface area contributed by atoms with Gasteiger partial charge < -0.3 is 20.7 Å². The summed E-state index contributed by atoms with van der Waals surface area (Å²) in [5.41, 5.74) is 4.13. The first kappa shape index (κ1) is 24.5. The number of nitrogens with one attached hydrogen (secondary N) is 3. The van der Waals surface area contributed by atoms with E-state index in [2.05, 4.69) is 22.9 Å². The van der Waals surface area contributed by atoms with Gasteiger partial charge in [-0.05, 0) is 61.8 Å². The highest BCUT2D eigenvalue weighted by Gasteiger charge is 2.34. The summed E-state index contributed by atoms with van der Waals surface area (Å²) in [7, 11) is 0. The van der Waals surface area contributed by atoms with Gasteiger partial charge in [-0.1, -0.05) is 71.6 Å². The van der Waals surface area contributed by atoms with E-state index in [4.69, 9.17) is 51.8 Å². The molecule has 0 aliphatic rings. The summed E-state index contributed by atoms with van der Waals surface area (Å²) in [6, 6.07) is 13.4. The van der Waals surface area contributed by atoms with E-state index >= 15 is 0 Å². The molecule has 9 heteroatoms. The molecular formula is C21H24Cl3N3O2S. The Morgan fingerprint density at radius 1 is 1.10 bits per heavy atom. The third-order valence-electron chi connectivity index (χ3n) is 4.24. The number of hydrogen-bond acceptors (Lipinski definition) is 3. The summed E-state index contributed by atoms with van der Waals surface area (Å²) in [5.74, 6) is 0.112. The van der Waals surface area contributed by atoms with Gasteiger partial charge in [0.2, 0.25) is 3.79 Å². The fourth-order valence-electron chi connectivity index (χ4n) is 2.62. The molecule has 0 aliphatic carbocycles. The van der Waals surface area contributed by atoms with E-state index < -0.39 is 15.9 Å². The van der Waals surface area contributed by atoms with Gasteiger partial charge in [0.05, 0.1) is 0 Å². The number of amides is 1. The van der Waals surface area contributed by atoms with Crippen molar-refractivity contribution in [3.63, 3.8) is 0 Å². The quantitative estimate of drug-likeness (QED) is 0.289. The summed E-state index contributed by atoms with van der Waals surface area (Å²) in [6.45, 7) is 5.78. The van der Waals surface area contributed by atoms with Crippen molar-refractivity contribution in [1.29, 1.82) is 0 Å². The van der Waals surface area contributed by atoms with Crippen LogP contribution in [0.3, 0.4) is 0 Å². The van der Waals surface area contributed by atoms with Crippen LogP contribution in [-0.4, -0.2) is 27.6 Å². The van der Waals surface area contributed by atoms with Crippen molar-refractivity contribution >= 4 is 63.7 Å². The lowest BCUT2D eigenvalue weighted by Crippen LogP contribution is -2.57. The van der Waals surface area contributed by atoms with E-state index in [1.54, 1.807) is 12.1 Å². The molecule has 0 heterocycles. The molecule has 0 unspecified atom stereocenters. The zero-order chi connectivity index (χ0) is 22.3. The number of halogens is 3. The lowest BCUT2D eigenvalue weighted by molar-refractivity contribution is -0.123. The number of ether oxygens (including phenoxy) is 1. The second-order valence-corrected chi connectivity index (χ2v) is 9.52. The molecule has 0 spiro atoms. The molecular weight excluding hydrogens is 465 g/mol. The number of hydrogen-bond donors (Lipinski definition) is 3. The maximum absolute atomic E-state index is 12.3. The Morgan fingerprint density at radius 3 is 2.33 bits per heavy atom. The molecule has 2 aromatic rings. The SMILES string of the molecule is CCc1ccc(OCC(=O)N[C@H](NC(=S)Nc2ccc(C)cc2C)C(Cl)(Cl)Cl)cc1. The third kappa shape index (κ3) is 7.84. The topological polar surface area (TPSA) is 62.4 Å². The van der Waals surface area contributed by atoms with Crippen molar-refractivity contribution < 1.29 is 9.53 Å². The molecule has 2 aromatic carbocycles. The van der Waals surface area contributed by atoms with Crippen LogP contribution < -0.4 is 20.7 Å². The normalized spacial score (nSPS) is 12.1. The first-order valence-corrected chi connectivity index (χ1v) is 10.8. The fraction of sp³-hybridized carbons (Fsp3) is 0.333. The predicted molar refractivity (Wildman–Crippen MR) is 129 cm³/mol. The minimum atomic E-state index is -1.84. The molecule has 0 bridgehead atoms. The van der Waals surface area contributed by atoms with Crippen LogP contribution in [0.5, 0.6) is 5.75 Å². The Kier molecular flexibility index (Phi) is 9.04. The van der Waals surface area contributed by atoms with Gasteiger partial charge in [-0.15, -0.1) is 0 Å². The van der Waals surface area contributed by atoms with Crippen LogP contribution in [0.4, 0.5) is 5.69 Å². The number of anilines is 1. The molecule has 5 nitrogen and oxygen atoms in total. The van der Waals surface area contributed by atoms with Gasteiger partial charge in [0, 0.05) is 5.69 Å². The molecule has 1 atom stereocenters. The van der Waals surface area contributed by atoms with Crippen LogP contribution in [0.2, 0.25) is 0 Å². The smallest absolute Gasteiger partial charge is 0.259 e. The number of aryl methyl sites for hydroxylation is 3. The summed E-state index contributed by atoms with van der Waals surface area (Å²) in [4.78, 5) is 12.3. The highest BCUT2D eigenvalue weighted by Crippen LogP contribution is 2.29. The lowest BCUT2D eigenvalue weighted by atomic mass is 10.1. The molecule has 3 N–H and O–H groups in total. The van der Waals surface area contributed by atoms with Crippen molar-refractivity contribution in [3.8, 4) is 5.75 Å². The Bertz CT molecular complexity index is 886. The van der Waals surface area contributed by atoms with Crippen molar-refractivity contribution in [3.05, 3.63) is 59.2 Å². The van der Waals surface area contributed by atoms with Gasteiger partial charge in [0.15, 0.2) is 11.7 Å². The molecule has 0 fully saturated rings. The van der Waals surface area contributed by atoms with Crippen LogP contribution in [0, 0.1) is 13.8 Å². The first-order chi connectivity index (χ1) is 14.1. The highest BCUT2D eigenvalue weighted by atomic mass is 35.6. The van der Waals surface area contributed by atoms with Gasteiger partial charge in [-0.3, -0.25) is 4.79 Å². The third-order valence-corrected chi connectivity index (χ3v) is 5.11. The Balaban J connectivity index is 1.94. The van der Waals surface area contributed by atoms with Crippen molar-refractivity contribution in [2.45, 2.75) is 37.2 Å². The van der Waals surface area contributed by atoms with E-state index in [9.17, 15) is 4.79 Å². The molecule has 2 rings (SSSR count). The summed E-state index contributed by atoms with van der Waals surface area (Å²) >= 11 is 23.4. The number of benzene rings is 2. The number of carbonyl (C=O) groups is 1. The van der Waals surface area contributed by atoms with E-state index in [1.807, 2.05) is 44.2 Å². The standard InChI is InChI=1S/C21H24Cl3N3O2S/c1-4-15-6-8-16(9-7-15)29-12-18(28)26-19(21(22,23)24)27-20(30)25-17-10-5-13(2)11-14(17)3/h5-11,19H,4,12H2,1-3H3,(H,26,28)(H2,25,27,30)/t19-/m1/s1. The second-order valence-electron chi connectivity index (χ2n) is 6.75. The molecule has 0 aromatic heterocycles. The monoisotopic (exact) mass is 487 g/mol. The summed E-state index contributed by atoms with van der Waals surface area (Å²) in [6.07, 6.45) is -0.139. The number of thiocarbonyl (C=S) groups is 1. The van der Waals surface area contributed by atoms with Crippen LogP contribution in [0.1, 0.15) is 23.6 Å². The maximum atomic E-state index is 12.3. The van der Waals surface area contributed by atoms with Gasteiger partial charge >= 0.3 is 0 Å². The average Bonchev–Trinajstić information content (AvgIpc) is 2.67. The molecule has 0 saturated carbocycles. The molecule has 162 valence electrons. The number of alkyl halides is 3. The van der Waals surface area contributed by atoms with E-state index in [0.717, 1.165) is 23.2 Å². The van der Waals surface area contributed by atoms with Gasteiger partial charge in [-0.2, -0.15) is 0 Å². The molecule has 1 amide bonds. The van der Waals surface area contributed by atoms with Crippen molar-refractivity contribution in [2.24, 2.45) is 0 Å². The Hall–Kier alpha value is -1.73. The van der Waals surface area contributed by atoms with Crippen LogP contribution in [0.25, 0.3) is 0 Å². The van der Waals surface area contributed by atoms with Gasteiger partial charge in [-0.25, -0.2) is 0 Å². The largest absolute Gasteiger partial charge is 0.484 e. The number of carbonyl (C=O) groups excluding carboxylic acids is 1. The zero-order valence-electron chi connectivity index (χ0n) is 16.9. The van der Waals surface area contributed by atoms with Crippen molar-refractivity contribution in [2.75, 3.05) is 11.9 Å². The predicted octanol–water partition coefficient (Wildman–Crippen LogP) is 5.04. The minimum Gasteiger partial charge on any atom is -0.484 e.